The van der Waals surface area contributed by atoms with Gasteiger partial charge in [0.15, 0.2) is 0 Å². The van der Waals surface area contributed by atoms with Crippen molar-refractivity contribution in [1.82, 2.24) is 4.72 Å². The number of carboxylic acids is 1. The van der Waals surface area contributed by atoms with Gasteiger partial charge in [0.25, 0.3) is 0 Å². The van der Waals surface area contributed by atoms with Crippen LogP contribution in [0.1, 0.15) is 10.4 Å². The van der Waals surface area contributed by atoms with Crippen molar-refractivity contribution in [2.24, 2.45) is 0 Å². The molecule has 2 N–H and O–H groups in total. The highest BCUT2D eigenvalue weighted by Gasteiger charge is 2.18. The highest BCUT2D eigenvalue weighted by molar-refractivity contribution is 7.92. The Balaban J connectivity index is 2.77. The number of aromatic carboxylic acids is 1. The first kappa shape index (κ1) is 15.1. The summed E-state index contributed by atoms with van der Waals surface area (Å²) in [5, 5.41) is 9.86. The molecule has 1 heterocycles. The quantitative estimate of drug-likeness (QED) is 0.749. The Morgan fingerprint density at radius 1 is 1.39 bits per heavy atom. The molecule has 0 aliphatic rings. The van der Waals surface area contributed by atoms with Crippen LogP contribution in [0.15, 0.2) is 15.7 Å². The second-order valence-corrected chi connectivity index (χ2v) is 8.65. The Hall–Kier alpha value is -0.970. The summed E-state index contributed by atoms with van der Waals surface area (Å²) in [6, 6.07) is 1.02. The molecule has 0 aromatic carbocycles. The molecular weight excluding hydrogens is 302 g/mol. The van der Waals surface area contributed by atoms with Gasteiger partial charge >= 0.3 is 5.97 Å². The first-order valence-electron chi connectivity index (χ1n) is 4.61. The number of hydrogen-bond donors (Lipinski definition) is 2. The fourth-order valence-corrected chi connectivity index (χ4v) is 3.83. The van der Waals surface area contributed by atoms with E-state index in [1.165, 1.54) is 5.38 Å². The second kappa shape index (κ2) is 5.34. The van der Waals surface area contributed by atoms with E-state index < -0.39 is 25.8 Å². The lowest BCUT2D eigenvalue weighted by atomic mass is 10.4. The van der Waals surface area contributed by atoms with E-state index >= 15 is 0 Å². The number of carbonyl (C=O) groups is 1. The monoisotopic (exact) mass is 313 g/mol. The molecule has 0 fully saturated rings. The molecule has 0 saturated carbocycles. The molecule has 0 bridgehead atoms. The number of rotatable bonds is 6. The Bertz CT molecular complexity index is 642. The minimum absolute atomic E-state index is 0.122. The van der Waals surface area contributed by atoms with Crippen LogP contribution >= 0.6 is 11.3 Å². The zero-order valence-corrected chi connectivity index (χ0v) is 11.7. The zero-order valence-electron chi connectivity index (χ0n) is 9.28. The van der Waals surface area contributed by atoms with E-state index in [1.54, 1.807) is 0 Å². The topological polar surface area (TPSA) is 118 Å². The molecule has 0 atom stereocenters. The van der Waals surface area contributed by atoms with E-state index in [4.69, 9.17) is 5.11 Å². The Labute approximate surface area is 108 Å². The molecule has 0 unspecified atom stereocenters. The summed E-state index contributed by atoms with van der Waals surface area (Å²) in [5.41, 5.74) is -0.122. The number of sulfonamides is 1. The van der Waals surface area contributed by atoms with Gasteiger partial charge in [-0.3, -0.25) is 0 Å². The van der Waals surface area contributed by atoms with Gasteiger partial charge in [0.2, 0.25) is 10.0 Å². The first-order valence-corrected chi connectivity index (χ1v) is 9.03. The zero-order chi connectivity index (χ0) is 14.0. The standard InChI is InChI=1S/C8H11NO6S3/c1-17(12,13)3-2-9-18(14,15)7-4-6(5-16-7)8(10)11/h4-5,9H,2-3H2,1H3,(H,10,11). The van der Waals surface area contributed by atoms with E-state index in [9.17, 15) is 21.6 Å². The van der Waals surface area contributed by atoms with Crippen molar-refractivity contribution >= 4 is 37.2 Å². The fourth-order valence-electron chi connectivity index (χ4n) is 1.00. The molecule has 1 rings (SSSR count). The molecule has 10 heteroatoms. The van der Waals surface area contributed by atoms with E-state index in [0.717, 1.165) is 23.7 Å². The largest absolute Gasteiger partial charge is 0.478 e. The molecule has 0 spiro atoms. The third-order valence-corrected chi connectivity index (χ3v) is 5.70. The maximum absolute atomic E-state index is 11.7. The third kappa shape index (κ3) is 4.37. The average molecular weight is 313 g/mol. The van der Waals surface area contributed by atoms with Gasteiger partial charge in [-0.05, 0) is 6.07 Å². The normalized spacial score (nSPS) is 12.5. The molecular formula is C8H11NO6S3. The van der Waals surface area contributed by atoms with Gasteiger partial charge in [0, 0.05) is 18.2 Å². The van der Waals surface area contributed by atoms with Crippen LogP contribution < -0.4 is 4.72 Å². The maximum atomic E-state index is 11.7. The Morgan fingerprint density at radius 2 is 2.00 bits per heavy atom. The number of hydrogen-bond acceptors (Lipinski definition) is 6. The summed E-state index contributed by atoms with van der Waals surface area (Å²) in [7, 11) is -7.11. The van der Waals surface area contributed by atoms with Crippen LogP contribution in [0.4, 0.5) is 0 Å². The summed E-state index contributed by atoms with van der Waals surface area (Å²) < 4.78 is 46.9. The molecule has 0 amide bonds. The second-order valence-electron chi connectivity index (χ2n) is 3.49. The van der Waals surface area contributed by atoms with Crippen LogP contribution in [0.25, 0.3) is 0 Å². The summed E-state index contributed by atoms with van der Waals surface area (Å²) in [5.74, 6) is -1.53. The van der Waals surface area contributed by atoms with E-state index in [-0.39, 0.29) is 22.1 Å². The molecule has 1 aromatic heterocycles. The van der Waals surface area contributed by atoms with Crippen molar-refractivity contribution in [1.29, 1.82) is 0 Å². The number of sulfone groups is 1. The Morgan fingerprint density at radius 3 is 2.44 bits per heavy atom. The van der Waals surface area contributed by atoms with Crippen LogP contribution in [-0.4, -0.2) is 46.5 Å². The smallest absolute Gasteiger partial charge is 0.336 e. The summed E-state index contributed by atoms with van der Waals surface area (Å²) in [6.07, 6.45) is 0.995. The van der Waals surface area contributed by atoms with Gasteiger partial charge in [0.05, 0.1) is 11.3 Å². The van der Waals surface area contributed by atoms with Crippen molar-refractivity contribution in [3.63, 3.8) is 0 Å². The van der Waals surface area contributed by atoms with Crippen LogP contribution in [-0.2, 0) is 19.9 Å². The molecule has 0 radical (unpaired) electrons. The number of nitrogens with one attached hydrogen (secondary N) is 1. The number of carboxylic acid groups (broad SMARTS) is 1. The molecule has 0 saturated heterocycles. The molecule has 102 valence electrons. The van der Waals surface area contributed by atoms with Gasteiger partial charge in [-0.1, -0.05) is 0 Å². The van der Waals surface area contributed by atoms with Crippen molar-refractivity contribution in [3.05, 3.63) is 17.0 Å². The van der Waals surface area contributed by atoms with Crippen LogP contribution in [0.2, 0.25) is 0 Å². The highest BCUT2D eigenvalue weighted by atomic mass is 32.2. The Kier molecular flexibility index (Phi) is 4.48. The molecule has 18 heavy (non-hydrogen) atoms. The minimum atomic E-state index is -3.85. The summed E-state index contributed by atoms with van der Waals surface area (Å²) >= 11 is 0.762. The average Bonchev–Trinajstić information content (AvgIpc) is 2.63. The predicted octanol–water partition coefficient (Wildman–Crippen LogP) is -0.231. The van der Waals surface area contributed by atoms with Gasteiger partial charge < -0.3 is 5.11 Å². The van der Waals surface area contributed by atoms with E-state index in [0.29, 0.717) is 0 Å². The van der Waals surface area contributed by atoms with Gasteiger partial charge in [-0.25, -0.2) is 26.4 Å². The lowest BCUT2D eigenvalue weighted by Gasteiger charge is -2.03. The van der Waals surface area contributed by atoms with Gasteiger partial charge in [0.1, 0.15) is 14.0 Å². The molecule has 0 aliphatic heterocycles. The van der Waals surface area contributed by atoms with Gasteiger partial charge in [-0.2, -0.15) is 0 Å². The van der Waals surface area contributed by atoms with Crippen molar-refractivity contribution < 1.29 is 26.7 Å². The lowest BCUT2D eigenvalue weighted by molar-refractivity contribution is 0.0697. The molecule has 0 aliphatic carbocycles. The fraction of sp³-hybridized carbons (Fsp3) is 0.375. The maximum Gasteiger partial charge on any atom is 0.336 e. The van der Waals surface area contributed by atoms with Crippen LogP contribution in [0.5, 0.6) is 0 Å². The van der Waals surface area contributed by atoms with Crippen LogP contribution in [0.3, 0.4) is 0 Å². The molecule has 1 aromatic rings. The van der Waals surface area contributed by atoms with Crippen molar-refractivity contribution in [2.75, 3.05) is 18.6 Å². The highest BCUT2D eigenvalue weighted by Crippen LogP contribution is 2.19. The van der Waals surface area contributed by atoms with E-state index in [2.05, 4.69) is 4.72 Å². The summed E-state index contributed by atoms with van der Waals surface area (Å²) in [6.45, 7) is -0.249. The van der Waals surface area contributed by atoms with Crippen LogP contribution in [0, 0.1) is 0 Å². The van der Waals surface area contributed by atoms with Crippen molar-refractivity contribution in [3.8, 4) is 0 Å². The minimum Gasteiger partial charge on any atom is -0.478 e. The van der Waals surface area contributed by atoms with Gasteiger partial charge in [-0.15, -0.1) is 11.3 Å². The number of thiophene rings is 1. The summed E-state index contributed by atoms with van der Waals surface area (Å²) in [4.78, 5) is 10.6. The molecule has 7 nitrogen and oxygen atoms in total. The van der Waals surface area contributed by atoms with E-state index in [1.807, 2.05) is 0 Å². The first-order chi connectivity index (χ1) is 8.12. The lowest BCUT2D eigenvalue weighted by Crippen LogP contribution is -2.28. The SMILES string of the molecule is CS(=O)(=O)CCNS(=O)(=O)c1cc(C(=O)O)cs1. The predicted molar refractivity (Wildman–Crippen MR) is 66.2 cm³/mol. The van der Waals surface area contributed by atoms with Crippen molar-refractivity contribution in [2.45, 2.75) is 4.21 Å². The third-order valence-electron chi connectivity index (χ3n) is 1.85.